The number of aliphatic hydroxyl groups is 1. The van der Waals surface area contributed by atoms with E-state index < -0.39 is 5.91 Å². The second kappa shape index (κ2) is 10.8. The molecule has 1 amide bonds. The zero-order chi connectivity index (χ0) is 18.8. The summed E-state index contributed by atoms with van der Waals surface area (Å²) in [5.41, 5.74) is 1.61. The van der Waals surface area contributed by atoms with Crippen LogP contribution in [0, 0.1) is 5.41 Å². The zero-order valence-electron chi connectivity index (χ0n) is 14.1. The molecule has 0 heterocycles. The second-order valence-corrected chi connectivity index (χ2v) is 5.93. The number of allylic oxidation sites excluding steroid dienone is 2. The SMILES string of the molecule is C/C=C(\NCc1ccc(Cl)c(Cl)c1)NC(=O)/C(NCCO)=C(\C)C=N. The first-order chi connectivity index (χ1) is 11.9. The maximum Gasteiger partial charge on any atom is 0.273 e. The topological polar surface area (TPSA) is 97.2 Å². The van der Waals surface area contributed by atoms with Gasteiger partial charge in [0, 0.05) is 19.3 Å². The minimum Gasteiger partial charge on any atom is -0.395 e. The number of aliphatic hydroxyl groups excluding tert-OH is 1. The molecule has 0 radical (unpaired) electrons. The van der Waals surface area contributed by atoms with Crippen LogP contribution in [0.25, 0.3) is 0 Å². The number of nitrogens with one attached hydrogen (secondary N) is 4. The Hall–Kier alpha value is -2.02. The fourth-order valence-electron chi connectivity index (χ4n) is 1.90. The number of carbonyl (C=O) groups excluding carboxylic acids is 1. The molecule has 0 aliphatic rings. The average molecular weight is 385 g/mol. The quantitative estimate of drug-likeness (QED) is 0.333. The molecule has 0 saturated heterocycles. The lowest BCUT2D eigenvalue weighted by atomic mass is 10.2. The number of rotatable bonds is 9. The lowest BCUT2D eigenvalue weighted by Crippen LogP contribution is -2.37. The van der Waals surface area contributed by atoms with Crippen LogP contribution < -0.4 is 16.0 Å². The molecular weight excluding hydrogens is 363 g/mol. The fourth-order valence-corrected chi connectivity index (χ4v) is 2.22. The van der Waals surface area contributed by atoms with Gasteiger partial charge in [-0.25, -0.2) is 0 Å². The third-order valence-electron chi connectivity index (χ3n) is 3.26. The van der Waals surface area contributed by atoms with Crippen LogP contribution in [0.1, 0.15) is 19.4 Å². The summed E-state index contributed by atoms with van der Waals surface area (Å²) in [6, 6.07) is 5.30. The number of hydrogen-bond acceptors (Lipinski definition) is 5. The second-order valence-electron chi connectivity index (χ2n) is 5.11. The third kappa shape index (κ3) is 6.78. The molecule has 0 aliphatic heterocycles. The summed E-state index contributed by atoms with van der Waals surface area (Å²) < 4.78 is 0. The van der Waals surface area contributed by atoms with Gasteiger partial charge in [0.1, 0.15) is 11.5 Å². The Kier molecular flexibility index (Phi) is 9.05. The number of hydrogen-bond donors (Lipinski definition) is 5. The predicted molar refractivity (Wildman–Crippen MR) is 102 cm³/mol. The Morgan fingerprint density at radius 2 is 2.00 bits per heavy atom. The summed E-state index contributed by atoms with van der Waals surface area (Å²) in [6.45, 7) is 3.98. The van der Waals surface area contributed by atoms with Crippen LogP contribution in [0.4, 0.5) is 0 Å². The van der Waals surface area contributed by atoms with Gasteiger partial charge in [-0.3, -0.25) is 4.79 Å². The molecule has 0 aromatic heterocycles. The number of amides is 1. The molecule has 0 bridgehead atoms. The molecule has 0 atom stereocenters. The van der Waals surface area contributed by atoms with Crippen molar-refractivity contribution >= 4 is 35.3 Å². The van der Waals surface area contributed by atoms with E-state index >= 15 is 0 Å². The van der Waals surface area contributed by atoms with Crippen molar-refractivity contribution in [3.8, 4) is 0 Å². The van der Waals surface area contributed by atoms with E-state index in [1.54, 1.807) is 32.1 Å². The van der Waals surface area contributed by atoms with Gasteiger partial charge in [-0.15, -0.1) is 0 Å². The molecule has 0 spiro atoms. The lowest BCUT2D eigenvalue weighted by molar-refractivity contribution is -0.117. The van der Waals surface area contributed by atoms with E-state index in [-0.39, 0.29) is 18.8 Å². The van der Waals surface area contributed by atoms with Crippen molar-refractivity contribution in [2.24, 2.45) is 0 Å². The predicted octanol–water partition coefficient (Wildman–Crippen LogP) is 2.57. The highest BCUT2D eigenvalue weighted by molar-refractivity contribution is 6.42. The van der Waals surface area contributed by atoms with E-state index in [9.17, 15) is 4.79 Å². The van der Waals surface area contributed by atoms with Gasteiger partial charge in [0.25, 0.3) is 5.91 Å². The van der Waals surface area contributed by atoms with Crippen LogP contribution in [-0.2, 0) is 11.3 Å². The van der Waals surface area contributed by atoms with E-state index in [4.69, 9.17) is 33.7 Å². The van der Waals surface area contributed by atoms with Gasteiger partial charge in [-0.05, 0) is 43.2 Å². The molecule has 25 heavy (non-hydrogen) atoms. The highest BCUT2D eigenvalue weighted by atomic mass is 35.5. The fraction of sp³-hybridized carbons (Fsp3) is 0.294. The standard InChI is InChI=1S/C17H22Cl2N4O2/c1-3-15(22-10-12-4-5-13(18)14(19)8-12)23-17(25)16(11(2)9-20)21-6-7-24/h3-5,8-9,20-22,24H,6-7,10H2,1-2H3,(H,23,25)/b15-3+,16-11-,20-9?. The van der Waals surface area contributed by atoms with Crippen LogP contribution in [0.5, 0.6) is 0 Å². The third-order valence-corrected chi connectivity index (χ3v) is 3.99. The molecular formula is C17H22Cl2N4O2. The smallest absolute Gasteiger partial charge is 0.273 e. The summed E-state index contributed by atoms with van der Waals surface area (Å²) in [7, 11) is 0. The van der Waals surface area contributed by atoms with Crippen molar-refractivity contribution in [2.45, 2.75) is 20.4 Å². The first-order valence-corrected chi connectivity index (χ1v) is 8.40. The summed E-state index contributed by atoms with van der Waals surface area (Å²) in [5.74, 6) is 0.112. The van der Waals surface area contributed by atoms with Gasteiger partial charge in [0.15, 0.2) is 0 Å². The van der Waals surface area contributed by atoms with Crippen LogP contribution in [0.3, 0.4) is 0 Å². The van der Waals surface area contributed by atoms with Crippen molar-refractivity contribution in [2.75, 3.05) is 13.2 Å². The average Bonchev–Trinajstić information content (AvgIpc) is 2.61. The van der Waals surface area contributed by atoms with E-state index in [1.165, 1.54) is 0 Å². The van der Waals surface area contributed by atoms with Crippen molar-refractivity contribution < 1.29 is 9.90 Å². The Morgan fingerprint density at radius 3 is 2.56 bits per heavy atom. The van der Waals surface area contributed by atoms with Gasteiger partial charge < -0.3 is 26.5 Å². The summed E-state index contributed by atoms with van der Waals surface area (Å²) in [4.78, 5) is 12.4. The van der Waals surface area contributed by atoms with Crippen LogP contribution in [0.2, 0.25) is 10.0 Å². The van der Waals surface area contributed by atoms with E-state index in [2.05, 4.69) is 16.0 Å². The van der Waals surface area contributed by atoms with Crippen LogP contribution in [-0.4, -0.2) is 30.4 Å². The molecule has 1 aromatic rings. The molecule has 0 saturated carbocycles. The monoisotopic (exact) mass is 384 g/mol. The van der Waals surface area contributed by atoms with Crippen molar-refractivity contribution in [3.63, 3.8) is 0 Å². The summed E-state index contributed by atoms with van der Waals surface area (Å²) >= 11 is 11.9. The molecule has 1 aromatic carbocycles. The largest absolute Gasteiger partial charge is 0.395 e. The number of halogens is 2. The number of benzene rings is 1. The maximum absolute atomic E-state index is 12.4. The first kappa shape index (κ1) is 21.0. The molecule has 0 unspecified atom stereocenters. The highest BCUT2D eigenvalue weighted by Gasteiger charge is 2.13. The van der Waals surface area contributed by atoms with Gasteiger partial charge >= 0.3 is 0 Å². The van der Waals surface area contributed by atoms with Gasteiger partial charge in [0.2, 0.25) is 0 Å². The summed E-state index contributed by atoms with van der Waals surface area (Å²) in [5, 5.41) is 25.8. The molecule has 1 rings (SSSR count). The first-order valence-electron chi connectivity index (χ1n) is 7.64. The Balaban J connectivity index is 2.75. The Labute approximate surface area is 157 Å². The van der Waals surface area contributed by atoms with Crippen LogP contribution in [0.15, 0.2) is 41.4 Å². The molecule has 6 nitrogen and oxygen atoms in total. The highest BCUT2D eigenvalue weighted by Crippen LogP contribution is 2.22. The normalized spacial score (nSPS) is 12.3. The van der Waals surface area contributed by atoms with E-state index in [1.807, 2.05) is 6.07 Å². The van der Waals surface area contributed by atoms with Crippen molar-refractivity contribution in [1.29, 1.82) is 5.41 Å². The van der Waals surface area contributed by atoms with Gasteiger partial charge in [0.05, 0.1) is 16.7 Å². The van der Waals surface area contributed by atoms with E-state index in [0.717, 1.165) is 11.8 Å². The van der Waals surface area contributed by atoms with Gasteiger partial charge in [-0.2, -0.15) is 0 Å². The minimum absolute atomic E-state index is 0.117. The van der Waals surface area contributed by atoms with Crippen molar-refractivity contribution in [1.82, 2.24) is 16.0 Å². The molecule has 8 heteroatoms. The van der Waals surface area contributed by atoms with Gasteiger partial charge in [-0.1, -0.05) is 29.3 Å². The summed E-state index contributed by atoms with van der Waals surface area (Å²) in [6.07, 6.45) is 2.80. The Bertz CT molecular complexity index is 687. The molecule has 136 valence electrons. The minimum atomic E-state index is -0.399. The van der Waals surface area contributed by atoms with Crippen molar-refractivity contribution in [3.05, 3.63) is 57.0 Å². The molecule has 0 fully saturated rings. The van der Waals surface area contributed by atoms with Crippen LogP contribution >= 0.6 is 23.2 Å². The molecule has 5 N–H and O–H groups in total. The Morgan fingerprint density at radius 1 is 1.28 bits per heavy atom. The lowest BCUT2D eigenvalue weighted by Gasteiger charge is -2.16. The van der Waals surface area contributed by atoms with E-state index in [0.29, 0.717) is 28.0 Å². The zero-order valence-corrected chi connectivity index (χ0v) is 15.6. The maximum atomic E-state index is 12.4. The molecule has 0 aliphatic carbocycles. The number of carbonyl (C=O) groups is 1.